The molecule has 1 aliphatic carbocycles. The first-order chi connectivity index (χ1) is 8.08. The number of benzene rings is 1. The molecule has 90 valence electrons. The highest BCUT2D eigenvalue weighted by molar-refractivity contribution is 6.30. The maximum atomic E-state index is 9.46. The Bertz CT molecular complexity index is 464. The molecule has 1 aromatic carbocycles. The number of hydrogen-bond donors (Lipinski definition) is 1. The van der Waals surface area contributed by atoms with Crippen LogP contribution in [-0.2, 0) is 12.8 Å². The Kier molecular flexibility index (Phi) is 3.42. The van der Waals surface area contributed by atoms with Crippen LogP contribution in [-0.4, -0.2) is 11.6 Å². The Hall–Kier alpha value is -1.04. The van der Waals surface area contributed by atoms with Gasteiger partial charge in [0.1, 0.15) is 5.54 Å². The van der Waals surface area contributed by atoms with Gasteiger partial charge in [-0.3, -0.25) is 5.32 Å². The van der Waals surface area contributed by atoms with E-state index in [0.29, 0.717) is 6.04 Å². The summed E-state index contributed by atoms with van der Waals surface area (Å²) in [4.78, 5) is 0. The SMILES string of the molecule is CCC(C)NC1(C#N)Cc2ccc(Cl)cc2C1. The molecule has 0 aliphatic heterocycles. The number of nitriles is 1. The fourth-order valence-corrected chi connectivity index (χ4v) is 2.63. The summed E-state index contributed by atoms with van der Waals surface area (Å²) < 4.78 is 0. The van der Waals surface area contributed by atoms with E-state index < -0.39 is 5.54 Å². The summed E-state index contributed by atoms with van der Waals surface area (Å²) in [5, 5.41) is 13.7. The van der Waals surface area contributed by atoms with Gasteiger partial charge in [-0.05, 0) is 36.6 Å². The van der Waals surface area contributed by atoms with Crippen molar-refractivity contribution in [2.45, 2.75) is 44.7 Å². The lowest BCUT2D eigenvalue weighted by molar-refractivity contribution is 0.372. The first kappa shape index (κ1) is 12.4. The number of rotatable bonds is 3. The Morgan fingerprint density at radius 2 is 2.18 bits per heavy atom. The summed E-state index contributed by atoms with van der Waals surface area (Å²) in [6, 6.07) is 8.73. The second kappa shape index (κ2) is 4.68. The summed E-state index contributed by atoms with van der Waals surface area (Å²) >= 11 is 5.99. The maximum absolute atomic E-state index is 9.46. The molecule has 0 saturated carbocycles. The van der Waals surface area contributed by atoms with Crippen LogP contribution in [0.3, 0.4) is 0 Å². The largest absolute Gasteiger partial charge is 0.296 e. The van der Waals surface area contributed by atoms with Crippen LogP contribution >= 0.6 is 11.6 Å². The zero-order valence-corrected chi connectivity index (χ0v) is 11.0. The van der Waals surface area contributed by atoms with Crippen LogP contribution in [0.15, 0.2) is 18.2 Å². The van der Waals surface area contributed by atoms with Gasteiger partial charge in [0, 0.05) is 23.9 Å². The van der Waals surface area contributed by atoms with E-state index in [1.54, 1.807) is 0 Å². The Morgan fingerprint density at radius 3 is 2.82 bits per heavy atom. The van der Waals surface area contributed by atoms with Crippen LogP contribution < -0.4 is 5.32 Å². The molecular formula is C14H17ClN2. The predicted octanol–water partition coefficient (Wildman–Crippen LogP) is 3.09. The predicted molar refractivity (Wildman–Crippen MR) is 70.1 cm³/mol. The zero-order chi connectivity index (χ0) is 12.5. The maximum Gasteiger partial charge on any atom is 0.115 e. The topological polar surface area (TPSA) is 35.8 Å². The smallest absolute Gasteiger partial charge is 0.115 e. The van der Waals surface area contributed by atoms with Crippen molar-refractivity contribution in [1.29, 1.82) is 5.26 Å². The highest BCUT2D eigenvalue weighted by Crippen LogP contribution is 2.32. The van der Waals surface area contributed by atoms with E-state index in [0.717, 1.165) is 24.3 Å². The average molecular weight is 249 g/mol. The molecule has 2 atom stereocenters. The fourth-order valence-electron chi connectivity index (χ4n) is 2.43. The molecule has 2 nitrogen and oxygen atoms in total. The number of fused-ring (bicyclic) bond motifs is 1. The minimum atomic E-state index is -0.442. The molecule has 17 heavy (non-hydrogen) atoms. The second-order valence-corrected chi connectivity index (χ2v) is 5.35. The molecule has 0 fully saturated rings. The van der Waals surface area contributed by atoms with E-state index in [-0.39, 0.29) is 0 Å². The van der Waals surface area contributed by atoms with Crippen LogP contribution in [0.1, 0.15) is 31.4 Å². The van der Waals surface area contributed by atoms with Crippen molar-refractivity contribution in [3.8, 4) is 6.07 Å². The summed E-state index contributed by atoms with van der Waals surface area (Å²) in [6.07, 6.45) is 2.56. The zero-order valence-electron chi connectivity index (χ0n) is 10.3. The number of nitrogens with one attached hydrogen (secondary N) is 1. The van der Waals surface area contributed by atoms with Gasteiger partial charge < -0.3 is 0 Å². The molecule has 0 aromatic heterocycles. The average Bonchev–Trinajstić information content (AvgIpc) is 2.67. The van der Waals surface area contributed by atoms with Crippen molar-refractivity contribution in [2.75, 3.05) is 0 Å². The fraction of sp³-hybridized carbons (Fsp3) is 0.500. The van der Waals surface area contributed by atoms with Crippen LogP contribution in [0.4, 0.5) is 0 Å². The van der Waals surface area contributed by atoms with Gasteiger partial charge in [0.15, 0.2) is 0 Å². The molecule has 2 unspecified atom stereocenters. The first-order valence-electron chi connectivity index (χ1n) is 6.05. The molecule has 1 aromatic rings. The molecule has 0 bridgehead atoms. The molecular weight excluding hydrogens is 232 g/mol. The van der Waals surface area contributed by atoms with E-state index in [9.17, 15) is 5.26 Å². The molecule has 2 rings (SSSR count). The van der Waals surface area contributed by atoms with Crippen molar-refractivity contribution < 1.29 is 0 Å². The van der Waals surface area contributed by atoms with Crippen LogP contribution in [0.25, 0.3) is 0 Å². The highest BCUT2D eigenvalue weighted by atomic mass is 35.5. The second-order valence-electron chi connectivity index (χ2n) is 4.91. The molecule has 0 radical (unpaired) electrons. The standard InChI is InChI=1S/C14H17ClN2/c1-3-10(2)17-14(9-16)7-11-4-5-13(15)6-12(11)8-14/h4-6,10,17H,3,7-8H2,1-2H3. The Balaban J connectivity index is 2.24. The third-order valence-corrected chi connectivity index (χ3v) is 3.74. The normalized spacial score (nSPS) is 24.1. The third kappa shape index (κ3) is 2.46. The highest BCUT2D eigenvalue weighted by Gasteiger charge is 2.38. The van der Waals surface area contributed by atoms with Gasteiger partial charge in [-0.25, -0.2) is 0 Å². The quantitative estimate of drug-likeness (QED) is 0.892. The lowest BCUT2D eigenvalue weighted by Crippen LogP contribution is -2.49. The van der Waals surface area contributed by atoms with Gasteiger partial charge in [0.2, 0.25) is 0 Å². The summed E-state index contributed by atoms with van der Waals surface area (Å²) in [5.74, 6) is 0. The van der Waals surface area contributed by atoms with Crippen molar-refractivity contribution in [3.05, 3.63) is 34.3 Å². The molecule has 0 amide bonds. The van der Waals surface area contributed by atoms with E-state index in [2.05, 4.69) is 25.2 Å². The number of hydrogen-bond acceptors (Lipinski definition) is 2. The van der Waals surface area contributed by atoms with Crippen molar-refractivity contribution in [2.24, 2.45) is 0 Å². The molecule has 0 spiro atoms. The summed E-state index contributed by atoms with van der Waals surface area (Å²) in [5.41, 5.74) is 2.00. The first-order valence-corrected chi connectivity index (χ1v) is 6.42. The number of halogens is 1. The summed E-state index contributed by atoms with van der Waals surface area (Å²) in [7, 11) is 0. The minimum absolute atomic E-state index is 0.361. The van der Waals surface area contributed by atoms with Crippen molar-refractivity contribution in [3.63, 3.8) is 0 Å². The minimum Gasteiger partial charge on any atom is -0.296 e. The molecule has 1 aliphatic rings. The molecule has 0 saturated heterocycles. The van der Waals surface area contributed by atoms with Gasteiger partial charge in [0.05, 0.1) is 6.07 Å². The van der Waals surface area contributed by atoms with E-state index >= 15 is 0 Å². The molecule has 1 N–H and O–H groups in total. The van der Waals surface area contributed by atoms with Crippen LogP contribution in [0, 0.1) is 11.3 Å². The van der Waals surface area contributed by atoms with Crippen LogP contribution in [0.2, 0.25) is 5.02 Å². The molecule has 0 heterocycles. The van der Waals surface area contributed by atoms with Gasteiger partial charge in [0.25, 0.3) is 0 Å². The summed E-state index contributed by atoms with van der Waals surface area (Å²) in [6.45, 7) is 4.25. The third-order valence-electron chi connectivity index (χ3n) is 3.50. The van der Waals surface area contributed by atoms with E-state index in [4.69, 9.17) is 11.6 Å². The van der Waals surface area contributed by atoms with E-state index in [1.807, 2.05) is 18.2 Å². The Morgan fingerprint density at radius 1 is 1.47 bits per heavy atom. The van der Waals surface area contributed by atoms with E-state index in [1.165, 1.54) is 11.1 Å². The lowest BCUT2D eigenvalue weighted by Gasteiger charge is -2.26. The van der Waals surface area contributed by atoms with Crippen molar-refractivity contribution in [1.82, 2.24) is 5.32 Å². The lowest BCUT2D eigenvalue weighted by atomic mass is 9.96. The van der Waals surface area contributed by atoms with Gasteiger partial charge in [-0.2, -0.15) is 5.26 Å². The van der Waals surface area contributed by atoms with Crippen molar-refractivity contribution >= 4 is 11.6 Å². The monoisotopic (exact) mass is 248 g/mol. The number of nitrogens with zero attached hydrogens (tertiary/aromatic N) is 1. The molecule has 3 heteroatoms. The Labute approximate surface area is 108 Å². The van der Waals surface area contributed by atoms with Gasteiger partial charge in [-0.1, -0.05) is 24.6 Å². The van der Waals surface area contributed by atoms with Gasteiger partial charge in [-0.15, -0.1) is 0 Å². The van der Waals surface area contributed by atoms with Gasteiger partial charge >= 0.3 is 0 Å². The van der Waals surface area contributed by atoms with Crippen LogP contribution in [0.5, 0.6) is 0 Å².